The van der Waals surface area contributed by atoms with Crippen molar-refractivity contribution >= 4 is 5.97 Å². The van der Waals surface area contributed by atoms with Crippen molar-refractivity contribution in [1.29, 1.82) is 5.26 Å². The number of hydrogen-bond acceptors (Lipinski definition) is 14. The van der Waals surface area contributed by atoms with Gasteiger partial charge in [-0.15, -0.1) is 0 Å². The average Bonchev–Trinajstić information content (AvgIpc) is 2.99. The van der Waals surface area contributed by atoms with E-state index in [2.05, 4.69) is 4.98 Å². The fourth-order valence-corrected chi connectivity index (χ4v) is 4.22. The number of ether oxygens (including phenoxy) is 5. The number of nitriles is 1. The minimum absolute atomic E-state index is 0.146. The van der Waals surface area contributed by atoms with Crippen molar-refractivity contribution in [2.45, 2.75) is 67.5 Å². The first-order valence-corrected chi connectivity index (χ1v) is 12.4. The van der Waals surface area contributed by atoms with Gasteiger partial charge in [0, 0.05) is 12.4 Å². The Balaban J connectivity index is 1.37. The number of nitrogens with zero attached hydrogens (tertiary/aromatic N) is 2. The van der Waals surface area contributed by atoms with Crippen LogP contribution in [-0.2, 0) is 23.7 Å². The maximum absolute atomic E-state index is 12.2. The Hall–Kier alpha value is -3.07. The van der Waals surface area contributed by atoms with Crippen LogP contribution in [-0.4, -0.2) is 116 Å². The molecule has 4 rings (SSSR count). The molecule has 40 heavy (non-hydrogen) atoms. The number of benzene rings is 1. The Morgan fingerprint density at radius 2 is 1.48 bits per heavy atom. The summed E-state index contributed by atoms with van der Waals surface area (Å²) in [4.78, 5) is 16.0. The number of carbonyl (C=O) groups excluding carboxylic acids is 1. The molecule has 0 aliphatic carbocycles. The molecule has 0 amide bonds. The molecule has 2 aromatic rings. The number of rotatable bonds is 9. The van der Waals surface area contributed by atoms with Crippen molar-refractivity contribution < 1.29 is 59.1 Å². The summed E-state index contributed by atoms with van der Waals surface area (Å²) < 4.78 is 27.3. The van der Waals surface area contributed by atoms with Crippen molar-refractivity contribution in [3.63, 3.8) is 0 Å². The maximum Gasteiger partial charge on any atom is 0.339 e. The van der Waals surface area contributed by atoms with Gasteiger partial charge >= 0.3 is 5.97 Å². The second-order valence-electron chi connectivity index (χ2n) is 9.26. The highest BCUT2D eigenvalue weighted by Gasteiger charge is 2.48. The second-order valence-corrected chi connectivity index (χ2v) is 9.26. The summed E-state index contributed by atoms with van der Waals surface area (Å²) >= 11 is 0. The van der Waals surface area contributed by atoms with Gasteiger partial charge in [0.05, 0.1) is 18.2 Å². The molecule has 1 aromatic heterocycles. The zero-order valence-electron chi connectivity index (χ0n) is 21.0. The summed E-state index contributed by atoms with van der Waals surface area (Å²) in [6.07, 6.45) is -14.4. The lowest BCUT2D eigenvalue weighted by atomic mass is 9.98. The standard InChI is InChI=1S/C26H30N2O12/c27-9-15(13-5-2-1-3-6-13)38-26-23(34)21(32)19(30)17(40-26)12-37-25-22(33)20(31)18(29)16(39-25)11-36-24(35)14-7-4-8-28-10-14/h1-8,10,15-23,25-26,29-34H,11-12H2/t15-,16+,17+,18+,19+,20-,21-,22+,23+,25+,26+/m0/s1. The summed E-state index contributed by atoms with van der Waals surface area (Å²) in [7, 11) is 0. The van der Waals surface area contributed by atoms with E-state index in [1.54, 1.807) is 30.3 Å². The van der Waals surface area contributed by atoms with Crippen LogP contribution in [0.1, 0.15) is 22.0 Å². The predicted molar refractivity (Wildman–Crippen MR) is 130 cm³/mol. The van der Waals surface area contributed by atoms with E-state index in [4.69, 9.17) is 23.7 Å². The van der Waals surface area contributed by atoms with Crippen molar-refractivity contribution in [1.82, 2.24) is 4.98 Å². The van der Waals surface area contributed by atoms with Gasteiger partial charge in [-0.1, -0.05) is 30.3 Å². The predicted octanol–water partition coefficient (Wildman–Crippen LogP) is -1.85. The monoisotopic (exact) mass is 562 g/mol. The molecule has 0 unspecified atom stereocenters. The summed E-state index contributed by atoms with van der Waals surface area (Å²) in [5.74, 6) is -0.759. The molecule has 0 saturated carbocycles. The minimum atomic E-state index is -1.75. The van der Waals surface area contributed by atoms with E-state index in [-0.39, 0.29) is 5.56 Å². The van der Waals surface area contributed by atoms with E-state index in [1.165, 1.54) is 24.5 Å². The first-order valence-electron chi connectivity index (χ1n) is 12.4. The van der Waals surface area contributed by atoms with Crippen LogP contribution in [0.3, 0.4) is 0 Å². The third kappa shape index (κ3) is 6.79. The smallest absolute Gasteiger partial charge is 0.339 e. The Labute approximate surface area is 228 Å². The average molecular weight is 563 g/mol. The zero-order chi connectivity index (χ0) is 28.8. The molecule has 2 aliphatic rings. The van der Waals surface area contributed by atoms with E-state index >= 15 is 0 Å². The van der Waals surface area contributed by atoms with Crippen LogP contribution in [0.2, 0.25) is 0 Å². The first-order chi connectivity index (χ1) is 19.2. The highest BCUT2D eigenvalue weighted by Crippen LogP contribution is 2.29. The molecule has 2 saturated heterocycles. The first kappa shape index (κ1) is 29.9. The van der Waals surface area contributed by atoms with Crippen molar-refractivity contribution in [2.75, 3.05) is 13.2 Å². The van der Waals surface area contributed by atoms with E-state index in [0.717, 1.165) is 0 Å². The third-order valence-electron chi connectivity index (χ3n) is 6.53. The van der Waals surface area contributed by atoms with Crippen LogP contribution in [0, 0.1) is 11.3 Å². The minimum Gasteiger partial charge on any atom is -0.459 e. The molecule has 216 valence electrons. The normalized spacial score (nSPS) is 34.9. The molecule has 0 spiro atoms. The van der Waals surface area contributed by atoms with Gasteiger partial charge in [0.1, 0.15) is 55.4 Å². The Morgan fingerprint density at radius 3 is 2.10 bits per heavy atom. The van der Waals surface area contributed by atoms with Crippen LogP contribution >= 0.6 is 0 Å². The fraction of sp³-hybridized carbons (Fsp3) is 0.500. The van der Waals surface area contributed by atoms with Gasteiger partial charge in [-0.05, 0) is 17.7 Å². The van der Waals surface area contributed by atoms with Gasteiger partial charge in [-0.3, -0.25) is 4.98 Å². The fourth-order valence-electron chi connectivity index (χ4n) is 4.22. The number of aromatic nitrogens is 1. The number of hydrogen-bond donors (Lipinski definition) is 6. The number of pyridine rings is 1. The van der Waals surface area contributed by atoms with Crippen molar-refractivity contribution in [3.8, 4) is 6.07 Å². The molecule has 2 fully saturated rings. The Bertz CT molecular complexity index is 1140. The van der Waals surface area contributed by atoms with Crippen molar-refractivity contribution in [2.24, 2.45) is 0 Å². The topological polar surface area (TPSA) is 221 Å². The lowest BCUT2D eigenvalue weighted by Gasteiger charge is -2.43. The maximum atomic E-state index is 12.2. The van der Waals surface area contributed by atoms with Gasteiger partial charge < -0.3 is 54.3 Å². The lowest BCUT2D eigenvalue weighted by Crippen LogP contribution is -2.62. The molecular weight excluding hydrogens is 532 g/mol. The van der Waals surface area contributed by atoms with Gasteiger partial charge in [0.2, 0.25) is 0 Å². The molecule has 11 atom stereocenters. The number of esters is 1. The summed E-state index contributed by atoms with van der Waals surface area (Å²) in [6, 6.07) is 13.3. The van der Waals surface area contributed by atoms with E-state index in [9.17, 15) is 40.7 Å². The molecule has 6 N–H and O–H groups in total. The lowest BCUT2D eigenvalue weighted by molar-refractivity contribution is -0.334. The molecule has 0 bridgehead atoms. The van der Waals surface area contributed by atoms with Crippen LogP contribution < -0.4 is 0 Å². The molecular formula is C26H30N2O12. The van der Waals surface area contributed by atoms with E-state index in [0.29, 0.717) is 5.56 Å². The van der Waals surface area contributed by atoms with Crippen LogP contribution in [0.5, 0.6) is 0 Å². The van der Waals surface area contributed by atoms with Gasteiger partial charge in [0.25, 0.3) is 0 Å². The summed E-state index contributed by atoms with van der Waals surface area (Å²) in [5.41, 5.74) is 0.615. The second kappa shape index (κ2) is 13.5. The van der Waals surface area contributed by atoms with Gasteiger partial charge in [-0.25, -0.2) is 4.79 Å². The highest BCUT2D eigenvalue weighted by molar-refractivity contribution is 5.88. The molecule has 3 heterocycles. The zero-order valence-corrected chi connectivity index (χ0v) is 21.0. The van der Waals surface area contributed by atoms with Crippen LogP contribution in [0.25, 0.3) is 0 Å². The van der Waals surface area contributed by atoms with E-state index in [1.807, 2.05) is 6.07 Å². The Kier molecular flexibility index (Phi) is 10.1. The van der Waals surface area contributed by atoms with E-state index < -0.39 is 86.7 Å². The molecule has 1 aromatic carbocycles. The number of carbonyl (C=O) groups is 1. The molecule has 14 heteroatoms. The van der Waals surface area contributed by atoms with Crippen LogP contribution in [0.4, 0.5) is 0 Å². The Morgan fingerprint density at radius 1 is 0.850 bits per heavy atom. The molecule has 2 aliphatic heterocycles. The number of aliphatic hydroxyl groups is 6. The highest BCUT2D eigenvalue weighted by atomic mass is 16.7. The molecule has 0 radical (unpaired) electrons. The van der Waals surface area contributed by atoms with Gasteiger partial charge in [0.15, 0.2) is 18.7 Å². The van der Waals surface area contributed by atoms with Crippen LogP contribution in [0.15, 0.2) is 54.9 Å². The SMILES string of the molecule is N#C[C@H](O[C@@H]1O[C@H](CO[C@@H]2O[C@H](COC(=O)c3cccnc3)[C@@H](O)[C@H](O)[C@H]2O)[C@@H](O)[C@H](O)[C@H]1O)c1ccccc1. The van der Waals surface area contributed by atoms with Gasteiger partial charge in [-0.2, -0.15) is 5.26 Å². The largest absolute Gasteiger partial charge is 0.459 e. The third-order valence-corrected chi connectivity index (χ3v) is 6.53. The summed E-state index contributed by atoms with van der Waals surface area (Å²) in [6.45, 7) is -1.04. The summed E-state index contributed by atoms with van der Waals surface area (Å²) in [5, 5.41) is 71.7. The quantitative estimate of drug-likeness (QED) is 0.185. The van der Waals surface area contributed by atoms with Crippen molar-refractivity contribution in [3.05, 3.63) is 66.0 Å². The molecule has 14 nitrogen and oxygen atoms in total. The number of aliphatic hydroxyl groups excluding tert-OH is 6.